The summed E-state index contributed by atoms with van der Waals surface area (Å²) in [4.78, 5) is 16.6. The summed E-state index contributed by atoms with van der Waals surface area (Å²) in [6, 6.07) is 8.97. The van der Waals surface area contributed by atoms with Gasteiger partial charge in [0.2, 0.25) is 0 Å². The Kier molecular flexibility index (Phi) is 7.89. The highest BCUT2D eigenvalue weighted by Gasteiger charge is 2.05. The summed E-state index contributed by atoms with van der Waals surface area (Å²) in [7, 11) is 0. The highest BCUT2D eigenvalue weighted by atomic mass is 16.6. The van der Waals surface area contributed by atoms with Crippen LogP contribution in [0.3, 0.4) is 0 Å². The van der Waals surface area contributed by atoms with Gasteiger partial charge < -0.3 is 0 Å². The summed E-state index contributed by atoms with van der Waals surface area (Å²) >= 11 is 0. The molecular formula is C15H22NO2. The molecule has 0 heterocycles. The number of benzene rings is 1. The lowest BCUT2D eigenvalue weighted by atomic mass is 10.1. The Balaban J connectivity index is 2.00. The molecule has 0 atom stereocenters. The van der Waals surface area contributed by atoms with Crippen LogP contribution in [0.25, 0.3) is 0 Å². The van der Waals surface area contributed by atoms with Crippen molar-refractivity contribution in [3.8, 4) is 0 Å². The van der Waals surface area contributed by atoms with Crippen molar-refractivity contribution in [2.75, 3.05) is 6.61 Å². The van der Waals surface area contributed by atoms with Gasteiger partial charge in [0.1, 0.15) is 0 Å². The average molecular weight is 248 g/mol. The van der Waals surface area contributed by atoms with Crippen molar-refractivity contribution >= 4 is 5.91 Å². The molecule has 0 fully saturated rings. The van der Waals surface area contributed by atoms with Crippen molar-refractivity contribution in [2.24, 2.45) is 0 Å². The lowest BCUT2D eigenvalue weighted by Gasteiger charge is -2.02. The number of hydroxylamine groups is 1. The fourth-order valence-electron chi connectivity index (χ4n) is 1.68. The van der Waals surface area contributed by atoms with Crippen molar-refractivity contribution in [1.29, 1.82) is 0 Å². The van der Waals surface area contributed by atoms with Crippen LogP contribution in [0.5, 0.6) is 0 Å². The number of amides is 1. The molecule has 18 heavy (non-hydrogen) atoms. The maximum atomic E-state index is 11.5. The van der Waals surface area contributed by atoms with Gasteiger partial charge in [-0.25, -0.2) is 4.84 Å². The molecule has 0 saturated carbocycles. The zero-order chi connectivity index (χ0) is 13.1. The van der Waals surface area contributed by atoms with Gasteiger partial charge in [-0.3, -0.25) is 4.79 Å². The summed E-state index contributed by atoms with van der Waals surface area (Å²) in [5.74, 6) is -0.304. The van der Waals surface area contributed by atoms with E-state index in [0.717, 1.165) is 12.8 Å². The SMILES string of the molecule is CCCCCCCCO[N]C(=O)c1ccccc1. The highest BCUT2D eigenvalue weighted by Crippen LogP contribution is 2.05. The van der Waals surface area contributed by atoms with Gasteiger partial charge >= 0.3 is 0 Å². The molecule has 1 aromatic carbocycles. The van der Waals surface area contributed by atoms with E-state index >= 15 is 0 Å². The standard InChI is InChI=1S/C15H22NO2/c1-2-3-4-5-6-10-13-18-16-15(17)14-11-8-7-9-12-14/h7-9,11-12H,2-6,10,13H2,1H3. The second kappa shape index (κ2) is 9.66. The Morgan fingerprint density at radius 2 is 1.72 bits per heavy atom. The van der Waals surface area contributed by atoms with E-state index in [-0.39, 0.29) is 5.91 Å². The molecular weight excluding hydrogens is 226 g/mol. The molecule has 0 saturated heterocycles. The third-order valence-corrected chi connectivity index (χ3v) is 2.76. The lowest BCUT2D eigenvalue weighted by molar-refractivity contribution is 0.0247. The van der Waals surface area contributed by atoms with Gasteiger partial charge in [0.25, 0.3) is 5.91 Å². The Labute approximate surface area is 109 Å². The van der Waals surface area contributed by atoms with E-state index < -0.39 is 0 Å². The Bertz CT molecular complexity index is 325. The van der Waals surface area contributed by atoms with Gasteiger partial charge in [0.15, 0.2) is 0 Å². The van der Waals surface area contributed by atoms with Crippen molar-refractivity contribution in [3.05, 3.63) is 35.9 Å². The highest BCUT2D eigenvalue weighted by molar-refractivity contribution is 5.93. The van der Waals surface area contributed by atoms with Crippen LogP contribution in [0.2, 0.25) is 0 Å². The first-order valence-electron chi connectivity index (χ1n) is 6.77. The quantitative estimate of drug-likeness (QED) is 0.493. The van der Waals surface area contributed by atoms with Crippen molar-refractivity contribution in [1.82, 2.24) is 5.48 Å². The molecule has 3 heteroatoms. The number of carbonyl (C=O) groups excluding carboxylic acids is 1. The third kappa shape index (κ3) is 6.40. The summed E-state index contributed by atoms with van der Waals surface area (Å²) in [6.07, 6.45) is 7.21. The summed E-state index contributed by atoms with van der Waals surface area (Å²) in [6.45, 7) is 2.74. The molecule has 0 aliphatic rings. The lowest BCUT2D eigenvalue weighted by Crippen LogP contribution is -2.16. The zero-order valence-electron chi connectivity index (χ0n) is 11.1. The van der Waals surface area contributed by atoms with E-state index in [1.54, 1.807) is 12.1 Å². The van der Waals surface area contributed by atoms with Crippen LogP contribution in [0, 0.1) is 0 Å². The normalized spacial score (nSPS) is 10.3. The molecule has 0 aromatic heterocycles. The van der Waals surface area contributed by atoms with E-state index in [4.69, 9.17) is 4.84 Å². The van der Waals surface area contributed by atoms with Crippen molar-refractivity contribution < 1.29 is 9.63 Å². The van der Waals surface area contributed by atoms with Gasteiger partial charge in [-0.2, -0.15) is 0 Å². The van der Waals surface area contributed by atoms with E-state index in [9.17, 15) is 4.79 Å². The van der Waals surface area contributed by atoms with Crippen LogP contribution in [0.1, 0.15) is 55.8 Å². The second-order valence-electron chi connectivity index (χ2n) is 4.36. The van der Waals surface area contributed by atoms with Gasteiger partial charge in [-0.15, -0.1) is 0 Å². The number of carbonyl (C=O) groups is 1. The number of unbranched alkanes of at least 4 members (excludes halogenated alkanes) is 5. The maximum Gasteiger partial charge on any atom is 0.299 e. The fourth-order valence-corrected chi connectivity index (χ4v) is 1.68. The molecule has 0 bridgehead atoms. The van der Waals surface area contributed by atoms with Crippen LogP contribution < -0.4 is 5.48 Å². The minimum atomic E-state index is -0.304. The fraction of sp³-hybridized carbons (Fsp3) is 0.533. The van der Waals surface area contributed by atoms with Gasteiger partial charge in [-0.1, -0.05) is 62.7 Å². The topological polar surface area (TPSA) is 40.4 Å². The predicted octanol–water partition coefficient (Wildman–Crippen LogP) is 3.72. The molecule has 1 rings (SSSR count). The molecule has 1 radical (unpaired) electrons. The molecule has 0 aliphatic heterocycles. The van der Waals surface area contributed by atoms with E-state index in [1.807, 2.05) is 18.2 Å². The molecule has 0 N–H and O–H groups in total. The molecule has 3 nitrogen and oxygen atoms in total. The van der Waals surface area contributed by atoms with Gasteiger partial charge in [0, 0.05) is 5.56 Å². The van der Waals surface area contributed by atoms with Gasteiger partial charge in [-0.05, 0) is 18.6 Å². The smallest absolute Gasteiger partial charge is 0.265 e. The first-order chi connectivity index (χ1) is 8.84. The predicted molar refractivity (Wildman–Crippen MR) is 72.2 cm³/mol. The maximum absolute atomic E-state index is 11.5. The van der Waals surface area contributed by atoms with Crippen LogP contribution in [-0.4, -0.2) is 12.5 Å². The number of rotatable bonds is 9. The molecule has 1 aromatic rings. The van der Waals surface area contributed by atoms with Crippen LogP contribution >= 0.6 is 0 Å². The van der Waals surface area contributed by atoms with E-state index in [2.05, 4.69) is 12.4 Å². The second-order valence-corrected chi connectivity index (χ2v) is 4.36. The monoisotopic (exact) mass is 248 g/mol. The molecule has 99 valence electrons. The number of nitrogens with zero attached hydrogens (tertiary/aromatic N) is 1. The Morgan fingerprint density at radius 1 is 1.06 bits per heavy atom. The van der Waals surface area contributed by atoms with E-state index in [1.165, 1.54) is 25.7 Å². The van der Waals surface area contributed by atoms with Crippen molar-refractivity contribution in [2.45, 2.75) is 45.4 Å². The molecule has 0 spiro atoms. The Hall–Kier alpha value is -1.35. The third-order valence-electron chi connectivity index (χ3n) is 2.76. The number of hydrogen-bond acceptors (Lipinski definition) is 2. The zero-order valence-corrected chi connectivity index (χ0v) is 11.1. The molecule has 1 amide bonds. The van der Waals surface area contributed by atoms with Gasteiger partial charge in [0.05, 0.1) is 6.61 Å². The molecule has 0 unspecified atom stereocenters. The first-order valence-corrected chi connectivity index (χ1v) is 6.77. The summed E-state index contributed by atoms with van der Waals surface area (Å²) in [5.41, 5.74) is 4.16. The first kappa shape index (κ1) is 14.7. The van der Waals surface area contributed by atoms with Crippen LogP contribution in [0.15, 0.2) is 30.3 Å². The largest absolute Gasteiger partial charge is 0.299 e. The van der Waals surface area contributed by atoms with Crippen LogP contribution in [0.4, 0.5) is 0 Å². The van der Waals surface area contributed by atoms with Crippen molar-refractivity contribution in [3.63, 3.8) is 0 Å². The number of hydrogen-bond donors (Lipinski definition) is 0. The molecule has 0 aliphatic carbocycles. The average Bonchev–Trinajstić information content (AvgIpc) is 2.42. The minimum Gasteiger partial charge on any atom is -0.265 e. The van der Waals surface area contributed by atoms with Crippen LogP contribution in [-0.2, 0) is 4.84 Å². The van der Waals surface area contributed by atoms with E-state index in [0.29, 0.717) is 12.2 Å². The summed E-state index contributed by atoms with van der Waals surface area (Å²) < 4.78 is 0. The minimum absolute atomic E-state index is 0.304. The Morgan fingerprint density at radius 3 is 2.44 bits per heavy atom. The summed E-state index contributed by atoms with van der Waals surface area (Å²) in [5, 5.41) is 0.